The van der Waals surface area contributed by atoms with Gasteiger partial charge in [-0.3, -0.25) is 20.4 Å². The van der Waals surface area contributed by atoms with E-state index in [2.05, 4.69) is 62.8 Å². The van der Waals surface area contributed by atoms with Crippen LogP contribution < -0.4 is 10.9 Å². The third-order valence-electron chi connectivity index (χ3n) is 3.63. The molecule has 0 heterocycles. The van der Waals surface area contributed by atoms with Crippen LogP contribution in [0, 0.1) is 11.8 Å². The van der Waals surface area contributed by atoms with Crippen molar-refractivity contribution < 1.29 is 9.59 Å². The molecule has 0 aliphatic rings. The van der Waals surface area contributed by atoms with Crippen LogP contribution in [-0.4, -0.2) is 11.8 Å². The van der Waals surface area contributed by atoms with Gasteiger partial charge >= 0.3 is 0 Å². The van der Waals surface area contributed by atoms with Gasteiger partial charge in [0.2, 0.25) is 11.8 Å². The molecule has 4 heteroatoms. The third kappa shape index (κ3) is 8.70. The first kappa shape index (κ1) is 22.2. The summed E-state index contributed by atoms with van der Waals surface area (Å²) < 4.78 is 0. The average Bonchev–Trinajstić information content (AvgIpc) is 2.52. The van der Waals surface area contributed by atoms with E-state index in [0.29, 0.717) is 11.8 Å². The molecule has 0 spiro atoms. The fraction of sp³-hybridized carbons (Fsp3) is 0.600. The van der Waals surface area contributed by atoms with Gasteiger partial charge in [0.05, 0.1) is 0 Å². The van der Waals surface area contributed by atoms with E-state index in [0.717, 1.165) is 0 Å². The quantitative estimate of drug-likeness (QED) is 0.803. The molecular weight excluding hydrogens is 300 g/mol. The number of carbonyl (C=O) groups excluding carboxylic acids is 2. The normalized spacial score (nSPS) is 10.7. The molecule has 0 atom stereocenters. The molecule has 0 bridgehead atoms. The van der Waals surface area contributed by atoms with Gasteiger partial charge in [-0.2, -0.15) is 0 Å². The van der Waals surface area contributed by atoms with Gasteiger partial charge in [0.1, 0.15) is 0 Å². The molecule has 0 saturated heterocycles. The Labute approximate surface area is 147 Å². The van der Waals surface area contributed by atoms with E-state index in [1.54, 1.807) is 27.7 Å². The zero-order valence-electron chi connectivity index (χ0n) is 16.4. The monoisotopic (exact) mass is 334 g/mol. The Morgan fingerprint density at radius 2 is 0.875 bits per heavy atom. The minimum absolute atomic E-state index is 0.113. The first-order chi connectivity index (χ1) is 11.1. The number of amides is 2. The molecule has 24 heavy (non-hydrogen) atoms. The van der Waals surface area contributed by atoms with E-state index < -0.39 is 0 Å². The summed E-state index contributed by atoms with van der Waals surface area (Å²) in [5.74, 6) is 0.709. The number of rotatable bonds is 4. The van der Waals surface area contributed by atoms with Crippen molar-refractivity contribution in [1.82, 2.24) is 10.9 Å². The van der Waals surface area contributed by atoms with Crippen molar-refractivity contribution in [2.45, 2.75) is 67.2 Å². The fourth-order valence-electron chi connectivity index (χ4n) is 1.68. The summed E-state index contributed by atoms with van der Waals surface area (Å²) in [6.07, 6.45) is 0. The van der Waals surface area contributed by atoms with Crippen LogP contribution in [0.2, 0.25) is 0 Å². The first-order valence-corrected chi connectivity index (χ1v) is 8.75. The van der Waals surface area contributed by atoms with Crippen molar-refractivity contribution in [3.8, 4) is 0 Å². The van der Waals surface area contributed by atoms with E-state index in [4.69, 9.17) is 0 Å². The summed E-state index contributed by atoms with van der Waals surface area (Å²) in [4.78, 5) is 21.9. The molecule has 136 valence electrons. The van der Waals surface area contributed by atoms with E-state index >= 15 is 0 Å². The number of hydrogen-bond donors (Lipinski definition) is 2. The molecule has 0 unspecified atom stereocenters. The van der Waals surface area contributed by atoms with Gasteiger partial charge in [-0.1, -0.05) is 79.7 Å². The molecule has 0 aliphatic carbocycles. The lowest BCUT2D eigenvalue weighted by molar-refractivity contribution is -0.132. The molecule has 0 aliphatic heterocycles. The Kier molecular flexibility index (Phi) is 10.0. The van der Waals surface area contributed by atoms with Crippen molar-refractivity contribution in [3.63, 3.8) is 0 Å². The van der Waals surface area contributed by atoms with Gasteiger partial charge < -0.3 is 0 Å². The predicted molar refractivity (Wildman–Crippen MR) is 101 cm³/mol. The van der Waals surface area contributed by atoms with Crippen LogP contribution in [-0.2, 0) is 9.59 Å². The zero-order chi connectivity index (χ0) is 18.9. The van der Waals surface area contributed by atoms with Gasteiger partial charge in [0.25, 0.3) is 0 Å². The molecule has 1 rings (SSSR count). The standard InChI is InChI=1S/C12H18.C8H16N2O2/c1-9(2)11-5-7-12(8-6-11)10(3)4;1-5(2)7(11)9-10-8(12)6(3)4/h5-10H,1-4H3;5-6H,1-4H3,(H,9,11)(H,10,12). The predicted octanol–water partition coefficient (Wildman–Crippen LogP) is 4.38. The van der Waals surface area contributed by atoms with Crippen molar-refractivity contribution >= 4 is 11.8 Å². The first-order valence-electron chi connectivity index (χ1n) is 8.75. The highest BCUT2D eigenvalue weighted by Crippen LogP contribution is 2.18. The van der Waals surface area contributed by atoms with Crippen LogP contribution in [0.5, 0.6) is 0 Å². The third-order valence-corrected chi connectivity index (χ3v) is 3.63. The number of carbonyl (C=O) groups is 2. The van der Waals surface area contributed by atoms with Gasteiger partial charge in [0, 0.05) is 11.8 Å². The van der Waals surface area contributed by atoms with E-state index in [1.807, 2.05) is 0 Å². The Bertz CT molecular complexity index is 456. The van der Waals surface area contributed by atoms with E-state index in [-0.39, 0.29) is 23.7 Å². The molecule has 1 aromatic carbocycles. The minimum atomic E-state index is -0.177. The van der Waals surface area contributed by atoms with Crippen molar-refractivity contribution in [2.24, 2.45) is 11.8 Å². The average molecular weight is 335 g/mol. The highest BCUT2D eigenvalue weighted by atomic mass is 16.2. The summed E-state index contributed by atoms with van der Waals surface area (Å²) in [5, 5.41) is 0. The van der Waals surface area contributed by atoms with Gasteiger partial charge in [-0.15, -0.1) is 0 Å². The molecule has 0 radical (unpaired) electrons. The maximum absolute atomic E-state index is 10.9. The summed E-state index contributed by atoms with van der Waals surface area (Å²) in [6.45, 7) is 15.9. The SMILES string of the molecule is CC(C)C(=O)NNC(=O)C(C)C.CC(C)c1ccc(C(C)C)cc1. The summed E-state index contributed by atoms with van der Waals surface area (Å²) >= 11 is 0. The molecule has 0 fully saturated rings. The lowest BCUT2D eigenvalue weighted by Gasteiger charge is -2.10. The molecule has 2 amide bonds. The molecule has 1 aromatic rings. The molecule has 0 aromatic heterocycles. The molecule has 2 N–H and O–H groups in total. The Morgan fingerprint density at radius 1 is 0.625 bits per heavy atom. The molecule has 0 saturated carbocycles. The maximum Gasteiger partial charge on any atom is 0.240 e. The zero-order valence-corrected chi connectivity index (χ0v) is 16.4. The van der Waals surface area contributed by atoms with Crippen LogP contribution in [0.25, 0.3) is 0 Å². The molecule has 4 nitrogen and oxygen atoms in total. The van der Waals surface area contributed by atoms with E-state index in [9.17, 15) is 9.59 Å². The Balaban J connectivity index is 0.000000441. The van der Waals surface area contributed by atoms with Crippen molar-refractivity contribution in [3.05, 3.63) is 35.4 Å². The maximum atomic E-state index is 10.9. The largest absolute Gasteiger partial charge is 0.273 e. The van der Waals surface area contributed by atoms with Gasteiger partial charge in [-0.05, 0) is 23.0 Å². The van der Waals surface area contributed by atoms with Crippen LogP contribution in [0.4, 0.5) is 0 Å². The van der Waals surface area contributed by atoms with Crippen molar-refractivity contribution in [2.75, 3.05) is 0 Å². The number of hydrogen-bond acceptors (Lipinski definition) is 2. The van der Waals surface area contributed by atoms with Gasteiger partial charge in [-0.25, -0.2) is 0 Å². The topological polar surface area (TPSA) is 58.2 Å². The second-order valence-corrected chi connectivity index (χ2v) is 7.26. The fourth-order valence-corrected chi connectivity index (χ4v) is 1.68. The molecular formula is C20H34N2O2. The minimum Gasteiger partial charge on any atom is -0.273 e. The second kappa shape index (κ2) is 10.8. The van der Waals surface area contributed by atoms with Crippen LogP contribution >= 0.6 is 0 Å². The lowest BCUT2D eigenvalue weighted by Crippen LogP contribution is -2.45. The Morgan fingerprint density at radius 3 is 1.04 bits per heavy atom. The summed E-state index contributed by atoms with van der Waals surface area (Å²) in [6, 6.07) is 8.94. The summed E-state index contributed by atoms with van der Waals surface area (Å²) in [5.41, 5.74) is 7.51. The smallest absolute Gasteiger partial charge is 0.240 e. The highest BCUT2D eigenvalue weighted by molar-refractivity contribution is 5.83. The Hall–Kier alpha value is -1.84. The summed E-state index contributed by atoms with van der Waals surface area (Å²) in [7, 11) is 0. The van der Waals surface area contributed by atoms with Gasteiger partial charge in [0.15, 0.2) is 0 Å². The number of nitrogens with one attached hydrogen (secondary N) is 2. The lowest BCUT2D eigenvalue weighted by atomic mass is 9.97. The number of benzene rings is 1. The van der Waals surface area contributed by atoms with Crippen LogP contribution in [0.15, 0.2) is 24.3 Å². The number of hydrazine groups is 1. The van der Waals surface area contributed by atoms with Crippen LogP contribution in [0.1, 0.15) is 78.4 Å². The van der Waals surface area contributed by atoms with Crippen LogP contribution in [0.3, 0.4) is 0 Å². The van der Waals surface area contributed by atoms with E-state index in [1.165, 1.54) is 11.1 Å². The second-order valence-electron chi connectivity index (χ2n) is 7.26. The van der Waals surface area contributed by atoms with Crippen molar-refractivity contribution in [1.29, 1.82) is 0 Å². The highest BCUT2D eigenvalue weighted by Gasteiger charge is 2.09.